The van der Waals surface area contributed by atoms with Gasteiger partial charge in [0.25, 0.3) is 5.69 Å². The highest BCUT2D eigenvalue weighted by molar-refractivity contribution is 5.97. The average molecular weight is 289 g/mol. The normalized spacial score (nSPS) is 10.2. The van der Waals surface area contributed by atoms with Gasteiger partial charge in [0.15, 0.2) is 5.78 Å². The third-order valence-electron chi connectivity index (χ3n) is 2.92. The lowest BCUT2D eigenvalue weighted by atomic mass is 10.1. The molecule has 0 aliphatic rings. The van der Waals surface area contributed by atoms with Gasteiger partial charge in [0.05, 0.1) is 10.5 Å². The number of carbonyl (C=O) groups is 1. The zero-order valence-electron chi connectivity index (χ0n) is 11.4. The quantitative estimate of drug-likeness (QED) is 0.484. The second-order valence-electron chi connectivity index (χ2n) is 4.51. The molecule has 0 saturated heterocycles. The average Bonchev–Trinajstić information content (AvgIpc) is 2.42. The molecule has 0 spiro atoms. The zero-order valence-corrected chi connectivity index (χ0v) is 11.4. The molecular formula is C15H12FNO4. The third kappa shape index (κ3) is 3.22. The van der Waals surface area contributed by atoms with Crippen molar-refractivity contribution < 1.29 is 18.8 Å². The fourth-order valence-corrected chi connectivity index (χ4v) is 1.80. The minimum absolute atomic E-state index is 0.0767. The number of halogens is 1. The summed E-state index contributed by atoms with van der Waals surface area (Å²) in [7, 11) is 0. The molecule has 0 saturated carbocycles. The molecule has 2 rings (SSSR count). The molecule has 0 fully saturated rings. The van der Waals surface area contributed by atoms with Crippen LogP contribution in [0.25, 0.3) is 0 Å². The van der Waals surface area contributed by atoms with E-state index >= 15 is 0 Å². The van der Waals surface area contributed by atoms with E-state index in [0.717, 1.165) is 6.07 Å². The van der Waals surface area contributed by atoms with Gasteiger partial charge in [-0.15, -0.1) is 0 Å². The van der Waals surface area contributed by atoms with Gasteiger partial charge in [0.1, 0.15) is 17.3 Å². The summed E-state index contributed by atoms with van der Waals surface area (Å²) in [6.07, 6.45) is 0. The summed E-state index contributed by atoms with van der Waals surface area (Å²) >= 11 is 0. The van der Waals surface area contributed by atoms with Crippen LogP contribution in [-0.2, 0) is 0 Å². The lowest BCUT2D eigenvalue weighted by Crippen LogP contribution is -2.00. The number of nitrogens with zero attached hydrogens (tertiary/aromatic N) is 1. The summed E-state index contributed by atoms with van der Waals surface area (Å²) in [6.45, 7) is 3.01. The Bertz CT molecular complexity index is 728. The van der Waals surface area contributed by atoms with Gasteiger partial charge in [-0.1, -0.05) is 6.07 Å². The Morgan fingerprint density at radius 3 is 2.52 bits per heavy atom. The molecule has 0 N–H and O–H groups in total. The molecule has 2 aromatic rings. The molecule has 21 heavy (non-hydrogen) atoms. The van der Waals surface area contributed by atoms with Crippen molar-refractivity contribution in [1.82, 2.24) is 0 Å². The van der Waals surface area contributed by atoms with E-state index in [9.17, 15) is 19.3 Å². The van der Waals surface area contributed by atoms with E-state index in [1.807, 2.05) is 0 Å². The number of Topliss-reactive ketones (excluding diaryl/α,β-unsaturated/α-hetero) is 1. The number of hydrogen-bond donors (Lipinski definition) is 0. The van der Waals surface area contributed by atoms with Crippen LogP contribution in [0.1, 0.15) is 22.8 Å². The van der Waals surface area contributed by atoms with Crippen LogP contribution in [0.3, 0.4) is 0 Å². The van der Waals surface area contributed by atoms with Crippen molar-refractivity contribution in [3.8, 4) is 11.5 Å². The molecular weight excluding hydrogens is 277 g/mol. The molecule has 0 amide bonds. The van der Waals surface area contributed by atoms with Crippen molar-refractivity contribution in [2.45, 2.75) is 13.8 Å². The maximum Gasteiger partial charge on any atom is 0.270 e. The Hall–Kier alpha value is -2.76. The second-order valence-corrected chi connectivity index (χ2v) is 4.51. The van der Waals surface area contributed by atoms with E-state index in [-0.39, 0.29) is 28.5 Å². The zero-order chi connectivity index (χ0) is 15.6. The van der Waals surface area contributed by atoms with Crippen LogP contribution in [0.5, 0.6) is 11.5 Å². The van der Waals surface area contributed by atoms with Gasteiger partial charge in [0.2, 0.25) is 0 Å². The van der Waals surface area contributed by atoms with Gasteiger partial charge in [-0.2, -0.15) is 0 Å². The number of non-ortho nitro benzene ring substituents is 1. The van der Waals surface area contributed by atoms with Gasteiger partial charge in [-0.05, 0) is 31.5 Å². The van der Waals surface area contributed by atoms with E-state index in [1.54, 1.807) is 13.0 Å². The number of aryl methyl sites for hydroxylation is 1. The highest BCUT2D eigenvalue weighted by Gasteiger charge is 2.16. The first kappa shape index (κ1) is 14.6. The number of rotatable bonds is 4. The first-order chi connectivity index (χ1) is 9.88. The lowest BCUT2D eigenvalue weighted by Gasteiger charge is -2.11. The van der Waals surface area contributed by atoms with Crippen LogP contribution in [0.2, 0.25) is 0 Å². The predicted molar refractivity (Wildman–Crippen MR) is 74.3 cm³/mol. The first-order valence-corrected chi connectivity index (χ1v) is 6.12. The van der Waals surface area contributed by atoms with Gasteiger partial charge in [-0.3, -0.25) is 14.9 Å². The maximum atomic E-state index is 13.2. The van der Waals surface area contributed by atoms with E-state index < -0.39 is 10.7 Å². The number of ketones is 1. The molecule has 0 heterocycles. The van der Waals surface area contributed by atoms with Crippen LogP contribution in [0.15, 0.2) is 36.4 Å². The second kappa shape index (κ2) is 5.70. The van der Waals surface area contributed by atoms with Gasteiger partial charge < -0.3 is 4.74 Å². The number of hydrogen-bond acceptors (Lipinski definition) is 4. The molecule has 0 aromatic heterocycles. The SMILES string of the molecule is CC(=O)c1cc([N+](=O)[O-])ccc1Oc1cc(F)ccc1C. The molecule has 0 unspecified atom stereocenters. The van der Waals surface area contributed by atoms with Crippen molar-refractivity contribution >= 4 is 11.5 Å². The number of carbonyl (C=O) groups excluding carboxylic acids is 1. The fraction of sp³-hybridized carbons (Fsp3) is 0.133. The monoisotopic (exact) mass is 289 g/mol. The topological polar surface area (TPSA) is 69.4 Å². The highest BCUT2D eigenvalue weighted by Crippen LogP contribution is 2.31. The highest BCUT2D eigenvalue weighted by atomic mass is 19.1. The van der Waals surface area contributed by atoms with Crippen molar-refractivity contribution in [1.29, 1.82) is 0 Å². The van der Waals surface area contributed by atoms with Crippen LogP contribution < -0.4 is 4.74 Å². The summed E-state index contributed by atoms with van der Waals surface area (Å²) < 4.78 is 18.8. The van der Waals surface area contributed by atoms with E-state index in [4.69, 9.17) is 4.74 Å². The summed E-state index contributed by atoms with van der Waals surface area (Å²) in [5, 5.41) is 10.7. The van der Waals surface area contributed by atoms with Crippen LogP contribution in [0.4, 0.5) is 10.1 Å². The van der Waals surface area contributed by atoms with Gasteiger partial charge in [0, 0.05) is 18.2 Å². The van der Waals surface area contributed by atoms with Crippen molar-refractivity contribution in [2.24, 2.45) is 0 Å². The molecule has 5 nitrogen and oxygen atoms in total. The predicted octanol–water partition coefficient (Wildman–Crippen LogP) is 4.04. The van der Waals surface area contributed by atoms with Crippen molar-refractivity contribution in [3.05, 3.63) is 63.5 Å². The number of nitro benzene ring substituents is 1. The largest absolute Gasteiger partial charge is 0.456 e. The summed E-state index contributed by atoms with van der Waals surface area (Å²) in [6, 6.07) is 7.75. The molecule has 0 aliphatic heterocycles. The van der Waals surface area contributed by atoms with Crippen LogP contribution in [0, 0.1) is 22.9 Å². The minimum atomic E-state index is -0.594. The molecule has 0 atom stereocenters. The molecule has 0 aliphatic carbocycles. The molecule has 6 heteroatoms. The Morgan fingerprint density at radius 1 is 1.19 bits per heavy atom. The molecule has 2 aromatic carbocycles. The minimum Gasteiger partial charge on any atom is -0.456 e. The smallest absolute Gasteiger partial charge is 0.270 e. The number of nitro groups is 1. The molecule has 0 radical (unpaired) electrons. The molecule has 108 valence electrons. The van der Waals surface area contributed by atoms with E-state index in [2.05, 4.69) is 0 Å². The summed E-state index contributed by atoms with van der Waals surface area (Å²) in [5.41, 5.74) is 0.556. The Morgan fingerprint density at radius 2 is 1.90 bits per heavy atom. The van der Waals surface area contributed by atoms with Gasteiger partial charge >= 0.3 is 0 Å². The summed E-state index contributed by atoms with van der Waals surface area (Å²) in [5.74, 6) is -0.433. The standard InChI is InChI=1S/C15H12FNO4/c1-9-3-4-11(16)7-15(9)21-14-6-5-12(17(19)20)8-13(14)10(2)18/h3-8H,1-2H3. The van der Waals surface area contributed by atoms with Crippen LogP contribution >= 0.6 is 0 Å². The van der Waals surface area contributed by atoms with Crippen molar-refractivity contribution in [3.63, 3.8) is 0 Å². The van der Waals surface area contributed by atoms with E-state index in [1.165, 1.54) is 31.2 Å². The number of ether oxygens (including phenoxy) is 1. The Labute approximate surface area is 120 Å². The third-order valence-corrected chi connectivity index (χ3v) is 2.92. The lowest BCUT2D eigenvalue weighted by molar-refractivity contribution is -0.384. The molecule has 0 bridgehead atoms. The fourth-order valence-electron chi connectivity index (χ4n) is 1.80. The van der Waals surface area contributed by atoms with Crippen molar-refractivity contribution in [2.75, 3.05) is 0 Å². The Balaban J connectivity index is 2.46. The Kier molecular flexibility index (Phi) is 3.98. The van der Waals surface area contributed by atoms with Gasteiger partial charge in [-0.25, -0.2) is 4.39 Å². The maximum absolute atomic E-state index is 13.2. The summed E-state index contributed by atoms with van der Waals surface area (Å²) in [4.78, 5) is 21.8. The first-order valence-electron chi connectivity index (χ1n) is 6.12. The van der Waals surface area contributed by atoms with Crippen LogP contribution in [-0.4, -0.2) is 10.7 Å². The number of benzene rings is 2. The van der Waals surface area contributed by atoms with E-state index in [0.29, 0.717) is 5.56 Å².